The van der Waals surface area contributed by atoms with Gasteiger partial charge in [-0.25, -0.2) is 9.97 Å². The molecule has 0 spiro atoms. The molecule has 0 N–H and O–H groups in total. The summed E-state index contributed by atoms with van der Waals surface area (Å²) in [6, 6.07) is 7.61. The van der Waals surface area contributed by atoms with Crippen molar-refractivity contribution in [2.45, 2.75) is 5.88 Å². The van der Waals surface area contributed by atoms with E-state index >= 15 is 0 Å². The Hall–Kier alpha value is -2.34. The van der Waals surface area contributed by atoms with Gasteiger partial charge in [0.25, 0.3) is 0 Å². The van der Waals surface area contributed by atoms with E-state index in [1.54, 1.807) is 14.2 Å². The van der Waals surface area contributed by atoms with Crippen LogP contribution in [0.15, 0.2) is 30.6 Å². The monoisotopic (exact) mass is 304 g/mol. The summed E-state index contributed by atoms with van der Waals surface area (Å²) < 4.78 is 12.4. The van der Waals surface area contributed by atoms with Gasteiger partial charge in [-0.1, -0.05) is 6.07 Å². The van der Waals surface area contributed by atoms with Crippen LogP contribution in [0.3, 0.4) is 0 Å². The number of fused-ring (bicyclic) bond motifs is 1. The summed E-state index contributed by atoms with van der Waals surface area (Å²) >= 11 is 6.02. The van der Waals surface area contributed by atoms with Gasteiger partial charge in [0.15, 0.2) is 11.2 Å². The van der Waals surface area contributed by atoms with Gasteiger partial charge in [0, 0.05) is 6.07 Å². The molecular weight excluding hydrogens is 292 g/mol. The van der Waals surface area contributed by atoms with Crippen molar-refractivity contribution in [2.75, 3.05) is 14.2 Å². The number of methoxy groups -OCH3 is 2. The Morgan fingerprint density at radius 1 is 1.19 bits per heavy atom. The molecule has 0 radical (unpaired) electrons. The Bertz CT molecular complexity index is 788. The number of halogens is 1. The highest BCUT2D eigenvalue weighted by Crippen LogP contribution is 2.27. The van der Waals surface area contributed by atoms with E-state index in [0.717, 1.165) is 11.4 Å². The van der Waals surface area contributed by atoms with Gasteiger partial charge in [-0.05, 0) is 12.1 Å². The first-order valence-corrected chi connectivity index (χ1v) is 6.78. The van der Waals surface area contributed by atoms with Crippen molar-refractivity contribution < 1.29 is 9.47 Å². The summed E-state index contributed by atoms with van der Waals surface area (Å²) in [7, 11) is 3.17. The quantitative estimate of drug-likeness (QED) is 0.693. The van der Waals surface area contributed by atoms with Crippen molar-refractivity contribution in [3.8, 4) is 17.3 Å². The van der Waals surface area contributed by atoms with Crippen molar-refractivity contribution >= 4 is 22.8 Å². The smallest absolute Gasteiger partial charge is 0.245 e. The number of nitrogens with zero attached hydrogens (tertiary/aromatic N) is 4. The zero-order valence-corrected chi connectivity index (χ0v) is 12.3. The molecule has 0 aliphatic heterocycles. The zero-order chi connectivity index (χ0) is 14.8. The molecule has 0 fully saturated rings. The van der Waals surface area contributed by atoms with Crippen LogP contribution in [0.1, 0.15) is 5.82 Å². The highest BCUT2D eigenvalue weighted by molar-refractivity contribution is 6.17. The molecule has 108 valence electrons. The van der Waals surface area contributed by atoms with Gasteiger partial charge in [-0.3, -0.25) is 4.57 Å². The van der Waals surface area contributed by atoms with Gasteiger partial charge >= 0.3 is 0 Å². The molecule has 6 nitrogen and oxygen atoms in total. The Morgan fingerprint density at radius 2 is 2.05 bits per heavy atom. The summed E-state index contributed by atoms with van der Waals surface area (Å²) in [4.78, 5) is 12.8. The number of hydrogen-bond donors (Lipinski definition) is 0. The lowest BCUT2D eigenvalue weighted by atomic mass is 10.3. The molecule has 0 aliphatic carbocycles. The maximum absolute atomic E-state index is 6.02. The van der Waals surface area contributed by atoms with Crippen molar-refractivity contribution in [3.63, 3.8) is 0 Å². The van der Waals surface area contributed by atoms with Gasteiger partial charge in [0.05, 0.1) is 25.8 Å². The van der Waals surface area contributed by atoms with Crippen LogP contribution < -0.4 is 9.47 Å². The second-order valence-electron chi connectivity index (χ2n) is 4.25. The van der Waals surface area contributed by atoms with E-state index in [0.29, 0.717) is 22.9 Å². The van der Waals surface area contributed by atoms with Gasteiger partial charge in [-0.2, -0.15) is 4.98 Å². The summed E-state index contributed by atoms with van der Waals surface area (Å²) in [5, 5.41) is 0. The average molecular weight is 305 g/mol. The number of rotatable bonds is 4. The summed E-state index contributed by atoms with van der Waals surface area (Å²) in [5.74, 6) is 2.08. The molecule has 0 saturated heterocycles. The maximum Gasteiger partial charge on any atom is 0.245 e. The van der Waals surface area contributed by atoms with Crippen LogP contribution in [-0.4, -0.2) is 33.7 Å². The van der Waals surface area contributed by atoms with Crippen molar-refractivity contribution in [3.05, 3.63) is 36.4 Å². The van der Waals surface area contributed by atoms with Gasteiger partial charge in [0.2, 0.25) is 5.88 Å². The van der Waals surface area contributed by atoms with Crippen LogP contribution in [0.2, 0.25) is 0 Å². The molecule has 0 atom stereocenters. The molecule has 0 amide bonds. The lowest BCUT2D eigenvalue weighted by Crippen LogP contribution is -2.01. The van der Waals surface area contributed by atoms with Crippen LogP contribution in [-0.2, 0) is 5.88 Å². The van der Waals surface area contributed by atoms with E-state index in [9.17, 15) is 0 Å². The average Bonchev–Trinajstić information content (AvgIpc) is 2.93. The Labute approximate surface area is 126 Å². The third-order valence-electron chi connectivity index (χ3n) is 3.10. The fraction of sp³-hybridized carbons (Fsp3) is 0.214. The number of hydrogen-bond acceptors (Lipinski definition) is 5. The SMILES string of the molecule is COc1cccc(-n2c(CCl)nc3c(OC)ncnc32)c1. The molecule has 3 rings (SSSR count). The molecule has 0 saturated carbocycles. The van der Waals surface area contributed by atoms with E-state index in [1.807, 2.05) is 28.8 Å². The largest absolute Gasteiger partial charge is 0.497 e. The molecule has 0 bridgehead atoms. The molecule has 0 aliphatic rings. The van der Waals surface area contributed by atoms with Crippen LogP contribution in [0.5, 0.6) is 11.6 Å². The second kappa shape index (κ2) is 5.57. The van der Waals surface area contributed by atoms with Crippen molar-refractivity contribution in [1.82, 2.24) is 19.5 Å². The zero-order valence-electron chi connectivity index (χ0n) is 11.6. The minimum atomic E-state index is 0.247. The van der Waals surface area contributed by atoms with Gasteiger partial charge in [-0.15, -0.1) is 11.6 Å². The predicted octanol–water partition coefficient (Wildman–Crippen LogP) is 2.57. The minimum Gasteiger partial charge on any atom is -0.497 e. The van der Waals surface area contributed by atoms with Crippen LogP contribution in [0.4, 0.5) is 0 Å². The first-order chi connectivity index (χ1) is 10.3. The minimum absolute atomic E-state index is 0.247. The van der Waals surface area contributed by atoms with E-state index in [1.165, 1.54) is 6.33 Å². The van der Waals surface area contributed by atoms with E-state index < -0.39 is 0 Å². The third kappa shape index (κ3) is 2.27. The van der Waals surface area contributed by atoms with Crippen LogP contribution in [0, 0.1) is 0 Å². The summed E-state index contributed by atoms with van der Waals surface area (Å²) in [5.41, 5.74) is 2.09. The second-order valence-corrected chi connectivity index (χ2v) is 4.52. The first-order valence-electron chi connectivity index (χ1n) is 6.25. The van der Waals surface area contributed by atoms with Gasteiger partial charge in [0.1, 0.15) is 17.9 Å². The standard InChI is InChI=1S/C14H13ClN4O2/c1-20-10-5-3-4-9(6-10)19-11(7-15)18-12-13(19)16-8-17-14(12)21-2/h3-6,8H,7H2,1-2H3. The normalized spacial score (nSPS) is 10.8. The maximum atomic E-state index is 6.02. The van der Waals surface area contributed by atoms with E-state index in [4.69, 9.17) is 21.1 Å². The first kappa shape index (κ1) is 13.6. The Kier molecular flexibility index (Phi) is 3.62. The topological polar surface area (TPSA) is 62.1 Å². The molecule has 2 aromatic heterocycles. The molecule has 21 heavy (non-hydrogen) atoms. The highest BCUT2D eigenvalue weighted by atomic mass is 35.5. The van der Waals surface area contributed by atoms with E-state index in [2.05, 4.69) is 15.0 Å². The van der Waals surface area contributed by atoms with Crippen molar-refractivity contribution in [2.24, 2.45) is 0 Å². The lowest BCUT2D eigenvalue weighted by molar-refractivity contribution is 0.401. The fourth-order valence-corrected chi connectivity index (χ4v) is 2.36. The summed E-state index contributed by atoms with van der Waals surface area (Å²) in [6.07, 6.45) is 1.44. The Balaban J connectivity index is 2.30. The number of aromatic nitrogens is 4. The molecule has 2 heterocycles. The van der Waals surface area contributed by atoms with Crippen molar-refractivity contribution in [1.29, 1.82) is 0 Å². The molecule has 0 unspecified atom stereocenters. The number of imidazole rings is 1. The van der Waals surface area contributed by atoms with E-state index in [-0.39, 0.29) is 5.88 Å². The summed E-state index contributed by atoms with van der Waals surface area (Å²) in [6.45, 7) is 0. The predicted molar refractivity (Wildman–Crippen MR) is 79.3 cm³/mol. The fourth-order valence-electron chi connectivity index (χ4n) is 2.18. The lowest BCUT2D eigenvalue weighted by Gasteiger charge is -2.08. The number of alkyl halides is 1. The number of ether oxygens (including phenoxy) is 2. The van der Waals surface area contributed by atoms with Crippen LogP contribution in [0.25, 0.3) is 16.9 Å². The molecular formula is C14H13ClN4O2. The highest BCUT2D eigenvalue weighted by Gasteiger charge is 2.17. The third-order valence-corrected chi connectivity index (χ3v) is 3.34. The van der Waals surface area contributed by atoms with Crippen LogP contribution >= 0.6 is 11.6 Å². The number of benzene rings is 1. The molecule has 1 aromatic carbocycles. The van der Waals surface area contributed by atoms with Gasteiger partial charge < -0.3 is 9.47 Å². The Morgan fingerprint density at radius 3 is 2.76 bits per heavy atom. The molecule has 3 aromatic rings. The molecule has 7 heteroatoms.